The van der Waals surface area contributed by atoms with Crippen LogP contribution in [0.1, 0.15) is 128 Å². The number of anilines is 4. The molecule has 0 aliphatic carbocycles. The summed E-state index contributed by atoms with van der Waals surface area (Å²) in [5.41, 5.74) is 27.1. The van der Waals surface area contributed by atoms with Crippen LogP contribution in [0.5, 0.6) is 23.0 Å². The van der Waals surface area contributed by atoms with Gasteiger partial charge in [0.15, 0.2) is 16.8 Å². The number of nitrogens with one attached hydrogen (secondary N) is 4. The van der Waals surface area contributed by atoms with Crippen molar-refractivity contribution < 1.29 is 38.0 Å². The summed E-state index contributed by atoms with van der Waals surface area (Å²) in [4.78, 5) is 63.4. The number of nitrogens with zero attached hydrogens (tertiary/aromatic N) is 10. The van der Waals surface area contributed by atoms with E-state index in [4.69, 9.17) is 74.6 Å². The lowest BCUT2D eigenvalue weighted by Gasteiger charge is -2.28. The van der Waals surface area contributed by atoms with Gasteiger partial charge in [0.05, 0.1) is 45.0 Å². The molecule has 2 aromatic carbocycles. The highest BCUT2D eigenvalue weighted by molar-refractivity contribution is 6.35. The lowest BCUT2D eigenvalue weighted by molar-refractivity contribution is -0.155. The van der Waals surface area contributed by atoms with Gasteiger partial charge < -0.3 is 72.6 Å². The average Bonchev–Trinajstić information content (AvgIpc) is 0.825. The second-order valence-corrected chi connectivity index (χ2v) is 24.7. The Morgan fingerprint density at radius 1 is 0.619 bits per heavy atom. The molecule has 0 bridgehead atoms. The number of hydrogen-bond acceptors (Lipinski definition) is 25. The van der Waals surface area contributed by atoms with Gasteiger partial charge in [-0.1, -0.05) is 32.0 Å². The first-order valence-corrected chi connectivity index (χ1v) is 31.9. The maximum atomic E-state index is 12.1. The number of aromatic nitrogens is 9. The van der Waals surface area contributed by atoms with Crippen LogP contribution in [0.4, 0.5) is 28.3 Å². The van der Waals surface area contributed by atoms with Crippen molar-refractivity contribution in [2.24, 2.45) is 17.2 Å². The number of nitrogens with two attached hydrogens (primary N) is 4. The number of carbonyl (C=O) groups is 2. The molecule has 0 radical (unpaired) electrons. The number of pyridine rings is 3. The third-order valence-corrected chi connectivity index (χ3v) is 13.4. The van der Waals surface area contributed by atoms with Gasteiger partial charge in [0.1, 0.15) is 50.8 Å². The topological polar surface area (TPSA) is 361 Å². The Morgan fingerprint density at radius 3 is 1.57 bits per heavy atom. The lowest BCUT2D eigenvalue weighted by atomic mass is 10.1. The van der Waals surface area contributed by atoms with Crippen LogP contribution < -0.4 is 63.1 Å². The zero-order valence-electron chi connectivity index (χ0n) is 58.7. The van der Waals surface area contributed by atoms with Crippen LogP contribution in [-0.4, -0.2) is 151 Å². The Labute approximate surface area is 589 Å². The first-order chi connectivity index (χ1) is 44.9. The molecular weight excluding hydrogens is 1300 g/mol. The summed E-state index contributed by atoms with van der Waals surface area (Å²) in [5.74, 6) is 4.69. The van der Waals surface area contributed by atoms with E-state index in [1.165, 1.54) is 0 Å². The predicted octanol–water partition coefficient (Wildman–Crippen LogP) is 12.5. The molecule has 0 saturated carbocycles. The number of ether oxygens (including phenoxy) is 6. The van der Waals surface area contributed by atoms with Crippen LogP contribution in [0.2, 0.25) is 10.4 Å². The number of esters is 1. The van der Waals surface area contributed by atoms with Gasteiger partial charge in [-0.2, -0.15) is 9.97 Å². The van der Waals surface area contributed by atoms with E-state index >= 15 is 0 Å². The van der Waals surface area contributed by atoms with Crippen molar-refractivity contribution >= 4 is 104 Å². The molecule has 0 saturated heterocycles. The summed E-state index contributed by atoms with van der Waals surface area (Å²) in [5, 5.41) is 12.8. The minimum absolute atomic E-state index is 0. The monoisotopic (exact) mass is 1410 g/mol. The van der Waals surface area contributed by atoms with Crippen LogP contribution >= 0.6 is 35.6 Å². The number of rotatable bonds is 21. The van der Waals surface area contributed by atoms with Crippen molar-refractivity contribution in [1.29, 1.82) is 0 Å². The molecule has 6 aromatic heterocycles. The molecule has 0 unspecified atom stereocenters. The number of carbonyl (C=O) groups excluding carboxylic acids is 2. The third kappa shape index (κ3) is 32.1. The largest absolute Gasteiger partial charge is 0.497 e. The molecule has 3 atom stereocenters. The quantitative estimate of drug-likeness (QED) is 0.0188. The number of hydrogen-bond donors (Lipinski definition) is 8. The van der Waals surface area contributed by atoms with Crippen molar-refractivity contribution in [1.82, 2.24) is 55.1 Å². The molecule has 0 spiro atoms. The molecule has 8 rings (SSSR count). The molecular formula is C68H105Cl3N18O8. The number of nitrogen functional groups attached to an aromatic ring is 1. The summed E-state index contributed by atoms with van der Waals surface area (Å²) >= 11 is 11.4. The Morgan fingerprint density at radius 2 is 1.10 bits per heavy atom. The van der Waals surface area contributed by atoms with E-state index in [-0.39, 0.29) is 60.3 Å². The Balaban J connectivity index is 0.000000628. The van der Waals surface area contributed by atoms with E-state index in [9.17, 15) is 9.59 Å². The first kappa shape index (κ1) is 86.8. The smallest absolute Gasteiger partial charge is 0.407 e. The molecule has 29 heteroatoms. The molecule has 8 aromatic rings. The fraction of sp³-hybridized carbons (Fsp3) is 0.485. The number of amides is 1. The molecule has 97 heavy (non-hydrogen) atoms. The van der Waals surface area contributed by atoms with E-state index < -0.39 is 17.3 Å². The zero-order valence-corrected chi connectivity index (χ0v) is 61.0. The van der Waals surface area contributed by atoms with Crippen molar-refractivity contribution in [2.45, 2.75) is 172 Å². The fourth-order valence-corrected chi connectivity index (χ4v) is 8.98. The summed E-state index contributed by atoms with van der Waals surface area (Å²) in [7, 11) is 6.48. The minimum Gasteiger partial charge on any atom is -0.497 e. The van der Waals surface area contributed by atoms with E-state index in [2.05, 4.69) is 106 Å². The van der Waals surface area contributed by atoms with Gasteiger partial charge in [-0.25, -0.2) is 24.7 Å². The molecule has 12 N–H and O–H groups in total. The van der Waals surface area contributed by atoms with Crippen LogP contribution in [0, 0.1) is 0 Å². The Kier molecular flexibility index (Phi) is 39.2. The van der Waals surface area contributed by atoms with Gasteiger partial charge in [-0.15, -0.1) is 12.4 Å². The normalized spacial score (nSPS) is 11.6. The highest BCUT2D eigenvalue weighted by Gasteiger charge is 2.20. The minimum atomic E-state index is -0.492. The van der Waals surface area contributed by atoms with Crippen LogP contribution in [0.3, 0.4) is 0 Å². The Hall–Kier alpha value is -8.24. The van der Waals surface area contributed by atoms with E-state index in [1.54, 1.807) is 59.2 Å². The van der Waals surface area contributed by atoms with E-state index in [0.717, 1.165) is 40.4 Å². The molecule has 0 aliphatic heterocycles. The lowest BCUT2D eigenvalue weighted by Crippen LogP contribution is -2.38. The first-order valence-electron chi connectivity index (χ1n) is 31.1. The SMILES string of the molecule is C.CCN(C(C)C)C(C)C.COc1ccc(CN)c(OC)c1.COc1ccc(CNc2nc(N[C@@H](C)CCC(=O)OC(C)(C)C)c3ncccc3n2)c(OC)c1.C[C@@H](CN)Nc1nc(N)nc2cccnc12.C[C@H](N)CNC(=O)OC(C)(C)C.Cl.Clc1nc(Cl)c2ncccc2n1. The van der Waals surface area contributed by atoms with Gasteiger partial charge in [-0.3, -0.25) is 24.6 Å². The highest BCUT2D eigenvalue weighted by atomic mass is 35.5. The van der Waals surface area contributed by atoms with Gasteiger partial charge in [0.2, 0.25) is 17.2 Å². The number of fused-ring (bicyclic) bond motifs is 3. The Bertz CT molecular complexity index is 3610. The molecule has 26 nitrogen and oxygen atoms in total. The summed E-state index contributed by atoms with van der Waals surface area (Å²) < 4.78 is 31.3. The third-order valence-electron chi connectivity index (χ3n) is 12.9. The number of halogens is 3. The summed E-state index contributed by atoms with van der Waals surface area (Å²) in [6.07, 6.45) is 5.52. The van der Waals surface area contributed by atoms with Crippen molar-refractivity contribution in [3.8, 4) is 23.0 Å². The van der Waals surface area contributed by atoms with Crippen LogP contribution in [0.25, 0.3) is 33.1 Å². The maximum Gasteiger partial charge on any atom is 0.407 e. The van der Waals surface area contributed by atoms with Crippen LogP contribution in [-0.2, 0) is 27.4 Å². The highest BCUT2D eigenvalue weighted by Crippen LogP contribution is 2.28. The van der Waals surface area contributed by atoms with Gasteiger partial charge in [0.25, 0.3) is 0 Å². The molecule has 0 fully saturated rings. The van der Waals surface area contributed by atoms with E-state index in [0.29, 0.717) is 102 Å². The summed E-state index contributed by atoms with van der Waals surface area (Å²) in [6, 6.07) is 23.6. The fourth-order valence-electron chi connectivity index (χ4n) is 8.54. The van der Waals surface area contributed by atoms with Crippen molar-refractivity contribution in [2.75, 3.05) is 69.8 Å². The number of benzene rings is 2. The van der Waals surface area contributed by atoms with E-state index in [1.807, 2.05) is 123 Å². The molecule has 6 heterocycles. The van der Waals surface area contributed by atoms with Crippen molar-refractivity contribution in [3.63, 3.8) is 0 Å². The predicted molar refractivity (Wildman–Crippen MR) is 396 cm³/mol. The molecule has 536 valence electrons. The maximum absolute atomic E-state index is 12.1. The van der Waals surface area contributed by atoms with Gasteiger partial charge in [-0.05, 0) is 169 Å². The van der Waals surface area contributed by atoms with Gasteiger partial charge >= 0.3 is 12.1 Å². The van der Waals surface area contributed by atoms with Gasteiger partial charge in [0, 0.05) is 105 Å². The molecule has 0 aliphatic rings. The average molecular weight is 1410 g/mol. The molecule has 1 amide bonds. The second-order valence-electron chi connectivity index (χ2n) is 24.0. The number of alkyl carbamates (subject to hydrolysis) is 1. The number of methoxy groups -OCH3 is 4. The van der Waals surface area contributed by atoms with Crippen LogP contribution in [0.15, 0.2) is 91.4 Å². The van der Waals surface area contributed by atoms with Crippen molar-refractivity contribution in [3.05, 3.63) is 113 Å². The standard InChI is InChI=1S/C25H33N5O4.C10H14N6.C9H13NO2.C8H18N2O2.C8H19N.C7H3Cl2N3.CH4.ClH/c1-16(9-12-21(31)34-25(2,3)4)28-23-22-19(8-7-13-26-22)29-24(30-23)27-15-17-10-11-18(32-5)14-20(17)33-6;1-6(5-11)14-9-8-7(3-2-4-13-8)15-10(12)16-9;1-11-8-4-3-7(6-10)9(5-8)12-2;1-6(9)5-10-7(11)12-8(2,3)4;1-6-9(7(2)3)8(4)5;8-6-5-4(2-1-3-10-5)11-7(9)12-6;;/h7-8,10-11,13-14,16H,9,12,15H2,1-6H3,(H2,27,28,29,30);2-4,6H,5,11H2,1H3,(H3,12,14,15,16);3-5H,6,10H2,1-2H3;6H,5,9H2,1-4H3,(H,10,11);7-8H,6H2,1-5H3;1-3H;1H4;1H/t16-;6-;;6-;;;;/m00.0..../s1. The zero-order chi connectivity index (χ0) is 71.0. The summed E-state index contributed by atoms with van der Waals surface area (Å²) in [6.45, 7) is 31.0. The second kappa shape index (κ2) is 43.8.